The number of halogens is 5. The number of thiocarbonyl (C=S) groups is 1. The number of ketones is 2. The molecule has 0 amide bonds. The Hall–Kier alpha value is -4.69. The Morgan fingerprint density at radius 3 is 1.66 bits per heavy atom. The molecule has 1 unspecified atom stereocenters. The molecule has 0 saturated carbocycles. The van der Waals surface area contributed by atoms with E-state index in [1.54, 1.807) is 0 Å². The Labute approximate surface area is 450 Å². The Morgan fingerprint density at radius 2 is 1.19 bits per heavy atom. The van der Waals surface area contributed by atoms with Gasteiger partial charge in [0.05, 0.1) is 5.33 Å². The molecule has 4 saturated heterocycles. The van der Waals surface area contributed by atoms with Crippen LogP contribution in [0.5, 0.6) is 0 Å². The summed E-state index contributed by atoms with van der Waals surface area (Å²) in [5.74, 6) is -3.84. The average Bonchev–Trinajstić information content (AvgIpc) is 4.21. The summed E-state index contributed by atoms with van der Waals surface area (Å²) in [6.07, 6.45) is 10.4. The molecule has 4 fully saturated rings. The fourth-order valence-corrected chi connectivity index (χ4v) is 11.2. The summed E-state index contributed by atoms with van der Waals surface area (Å²) in [4.78, 5) is 42.5. The van der Waals surface area contributed by atoms with Crippen LogP contribution >= 0.6 is 61.1 Å². The Balaban J connectivity index is 0.000000197. The van der Waals surface area contributed by atoms with Gasteiger partial charge in [0.1, 0.15) is 10.7 Å². The van der Waals surface area contributed by atoms with Crippen LogP contribution in [-0.2, 0) is 0 Å². The fourth-order valence-electron chi connectivity index (χ4n) is 9.32. The van der Waals surface area contributed by atoms with E-state index in [0.29, 0.717) is 15.4 Å². The summed E-state index contributed by atoms with van der Waals surface area (Å²) >= 11 is 10.7. The van der Waals surface area contributed by atoms with Crippen LogP contribution < -0.4 is 31.9 Å². The molecule has 73 heavy (non-hydrogen) atoms. The van der Waals surface area contributed by atoms with Gasteiger partial charge in [-0.15, -0.1) is 0 Å². The highest BCUT2D eigenvalue weighted by Crippen LogP contribution is 2.32. The number of benzene rings is 4. The molecule has 0 spiro atoms. The number of amidine groups is 1. The maximum atomic E-state index is 13.5. The molecule has 1 atom stereocenters. The van der Waals surface area contributed by atoms with Crippen molar-refractivity contribution in [2.24, 2.45) is 10.7 Å². The van der Waals surface area contributed by atoms with Crippen LogP contribution in [0.2, 0.25) is 0 Å². The SMILES string of the molecule is CCSC(N)=NC(=S)Nc1ccc(N2CCC(N3CCCC3)CC2)cc1.Nc1nc(Nc2ccc(N3CCC(N4CCCC4)CC3)cc2)sc1C(=O)c1ccc(F)c(F)c1.O=C(CBr)c1ccc(F)c(F)c1.P. The van der Waals surface area contributed by atoms with Gasteiger partial charge in [-0.05, 0) is 180 Å². The third-order valence-electron chi connectivity index (χ3n) is 13.1. The van der Waals surface area contributed by atoms with E-state index < -0.39 is 29.1 Å². The number of carbonyl (C=O) groups excluding carboxylic acids is 2. The second-order valence-electron chi connectivity index (χ2n) is 17.8. The van der Waals surface area contributed by atoms with Gasteiger partial charge in [-0.25, -0.2) is 22.5 Å². The average molecular weight is 1140 g/mol. The van der Waals surface area contributed by atoms with Gasteiger partial charge in [0, 0.05) is 72.1 Å². The van der Waals surface area contributed by atoms with Crippen LogP contribution in [-0.4, -0.2) is 112 Å². The number of thiazole rings is 1. The minimum absolute atomic E-state index is 0. The second-order valence-corrected chi connectivity index (χ2v) is 21.1. The number of aliphatic imine (C=N–C) groups is 1. The molecule has 5 heterocycles. The highest BCUT2D eigenvalue weighted by atomic mass is 79.9. The maximum Gasteiger partial charge on any atom is 0.206 e. The molecule has 12 nitrogen and oxygen atoms in total. The normalized spacial score (nSPS) is 16.7. The molecule has 0 aliphatic carbocycles. The van der Waals surface area contributed by atoms with Crippen LogP contribution in [0.3, 0.4) is 0 Å². The summed E-state index contributed by atoms with van der Waals surface area (Å²) < 4.78 is 51.6. The van der Waals surface area contributed by atoms with Gasteiger partial charge >= 0.3 is 0 Å². The number of rotatable bonds is 12. The van der Waals surface area contributed by atoms with Crippen LogP contribution in [0.25, 0.3) is 0 Å². The molecular formula is C52H64BrF4N10O2PS3. The minimum atomic E-state index is -1.08. The van der Waals surface area contributed by atoms with Crippen LogP contribution in [0.15, 0.2) is 89.9 Å². The molecule has 4 aliphatic heterocycles. The number of piperidine rings is 2. The summed E-state index contributed by atoms with van der Waals surface area (Å²) in [6, 6.07) is 24.2. The predicted octanol–water partition coefficient (Wildman–Crippen LogP) is 11.2. The number of carbonyl (C=O) groups is 2. The first kappa shape index (κ1) is 57.6. The Bertz CT molecular complexity index is 2640. The quantitative estimate of drug-likeness (QED) is 0.0179. The van der Waals surface area contributed by atoms with Gasteiger partial charge in [-0.3, -0.25) is 9.59 Å². The van der Waals surface area contributed by atoms with Crippen molar-refractivity contribution in [3.8, 4) is 0 Å². The lowest BCUT2D eigenvalue weighted by Gasteiger charge is -2.37. The van der Waals surface area contributed by atoms with Gasteiger partial charge in [-0.1, -0.05) is 46.0 Å². The highest BCUT2D eigenvalue weighted by molar-refractivity contribution is 9.09. The second kappa shape index (κ2) is 28.3. The zero-order valence-corrected chi connectivity index (χ0v) is 46.4. The van der Waals surface area contributed by atoms with E-state index >= 15 is 0 Å². The Kier molecular flexibility index (Phi) is 22.3. The van der Waals surface area contributed by atoms with E-state index in [1.807, 2.05) is 19.1 Å². The number of thioether (sulfide) groups is 1. The van der Waals surface area contributed by atoms with Crippen molar-refractivity contribution >= 4 is 117 Å². The predicted molar refractivity (Wildman–Crippen MR) is 306 cm³/mol. The summed E-state index contributed by atoms with van der Waals surface area (Å²) in [5, 5.41) is 7.79. The number of likely N-dealkylation sites (tertiary alicyclic amines) is 2. The fraction of sp³-hybridized carbons (Fsp3) is 0.404. The number of Topliss-reactive ketones (excluding diaryl/α,β-unsaturated/α-hetero) is 1. The van der Waals surface area contributed by atoms with Gasteiger partial charge in [0.25, 0.3) is 0 Å². The molecule has 392 valence electrons. The number of nitrogens with zero attached hydrogens (tertiary/aromatic N) is 6. The molecule has 4 aliphatic rings. The Morgan fingerprint density at radius 1 is 0.726 bits per heavy atom. The molecule has 4 aromatic carbocycles. The third-order valence-corrected chi connectivity index (χ3v) is 15.5. The number of anilines is 6. The van der Waals surface area contributed by atoms with Crippen molar-refractivity contribution in [1.82, 2.24) is 14.8 Å². The van der Waals surface area contributed by atoms with Crippen molar-refractivity contribution in [2.75, 3.05) is 89.6 Å². The van der Waals surface area contributed by atoms with Gasteiger partial charge in [0.2, 0.25) is 5.78 Å². The van der Waals surface area contributed by atoms with E-state index in [9.17, 15) is 27.2 Å². The van der Waals surface area contributed by atoms with Crippen molar-refractivity contribution < 1.29 is 27.2 Å². The first-order valence-corrected chi connectivity index (χ1v) is 27.6. The van der Waals surface area contributed by atoms with Crippen molar-refractivity contribution in [1.29, 1.82) is 0 Å². The number of nitrogen functional groups attached to an aromatic ring is 1. The summed E-state index contributed by atoms with van der Waals surface area (Å²) in [5.41, 5.74) is 16.2. The molecule has 6 N–H and O–H groups in total. The molecule has 0 bridgehead atoms. The summed E-state index contributed by atoms with van der Waals surface area (Å²) in [6.45, 7) is 11.5. The minimum Gasteiger partial charge on any atom is -0.382 e. The maximum absolute atomic E-state index is 13.5. The van der Waals surface area contributed by atoms with E-state index in [2.05, 4.69) is 92.5 Å². The number of nitrogens with two attached hydrogens (primary N) is 2. The lowest BCUT2D eigenvalue weighted by atomic mass is 10.0. The summed E-state index contributed by atoms with van der Waals surface area (Å²) in [7, 11) is 0. The molecule has 9 rings (SSSR count). The zero-order chi connectivity index (χ0) is 51.1. The van der Waals surface area contributed by atoms with Crippen LogP contribution in [0, 0.1) is 23.3 Å². The number of hydrogen-bond acceptors (Lipinski definition) is 12. The number of nitrogens with one attached hydrogen (secondary N) is 2. The molecular weight excluding hydrogens is 1080 g/mol. The van der Waals surface area contributed by atoms with Crippen molar-refractivity contribution in [3.05, 3.63) is 124 Å². The lowest BCUT2D eigenvalue weighted by Crippen LogP contribution is -2.43. The topological polar surface area (TPSA) is 148 Å². The van der Waals surface area contributed by atoms with Gasteiger partial charge in [0.15, 0.2) is 44.5 Å². The monoisotopic (exact) mass is 1140 g/mol. The molecule has 5 aromatic rings. The third kappa shape index (κ3) is 16.4. The van der Waals surface area contributed by atoms with E-state index in [1.165, 1.54) is 113 Å². The van der Waals surface area contributed by atoms with Crippen molar-refractivity contribution in [2.45, 2.75) is 70.4 Å². The van der Waals surface area contributed by atoms with E-state index in [-0.39, 0.29) is 42.8 Å². The first-order valence-electron chi connectivity index (χ1n) is 24.3. The number of aromatic nitrogens is 1. The van der Waals surface area contributed by atoms with E-state index in [0.717, 1.165) is 91.0 Å². The molecule has 0 radical (unpaired) electrons. The highest BCUT2D eigenvalue weighted by Gasteiger charge is 2.28. The number of alkyl halides is 1. The number of hydrogen-bond donors (Lipinski definition) is 4. The largest absolute Gasteiger partial charge is 0.382 e. The van der Waals surface area contributed by atoms with Crippen LogP contribution in [0.1, 0.15) is 83.9 Å². The van der Waals surface area contributed by atoms with Crippen molar-refractivity contribution in [3.63, 3.8) is 0 Å². The molecule has 21 heteroatoms. The van der Waals surface area contributed by atoms with Crippen LogP contribution in [0.4, 0.5) is 51.3 Å². The van der Waals surface area contributed by atoms with Gasteiger partial charge in [-0.2, -0.15) is 14.9 Å². The first-order chi connectivity index (χ1) is 34.8. The standard InChI is InChI=1S/C25H27F2N5OS.C19H29N5S2.C8H5BrF2O.H3P/c26-20-8-3-16(15-21(20)27)22(33)23-24(28)30-25(34-23)29-17-4-6-18(7-5-17)32-13-9-19(10-14-32)31-11-1-2-12-31;1-2-26-18(20)22-19(25)21-15-5-7-16(8-6-15)24-13-9-17(10-14-24)23-11-3-4-12-23;9-4-8(12)5-1-2-6(10)7(11)3-5;/h3-8,15,19H,1-2,9-14,28H2,(H,29,30);5-8,17H,2-4,9-14H2,1H3,(H3,20,21,22,25);1-3H,4H2;1H3. The zero-order valence-electron chi connectivity index (χ0n) is 40.9. The van der Waals surface area contributed by atoms with Gasteiger partial charge < -0.3 is 41.7 Å². The molecule has 1 aromatic heterocycles. The van der Waals surface area contributed by atoms with E-state index in [4.69, 9.17) is 23.7 Å². The smallest absolute Gasteiger partial charge is 0.206 e. The lowest BCUT2D eigenvalue weighted by molar-refractivity contribution is 0.102.